The summed E-state index contributed by atoms with van der Waals surface area (Å²) >= 11 is 0. The number of nitrogens with zero attached hydrogens (tertiary/aromatic N) is 1. The van der Waals surface area contributed by atoms with E-state index in [1.165, 1.54) is 0 Å². The Morgan fingerprint density at radius 1 is 1.42 bits per heavy atom. The molecule has 19 heavy (non-hydrogen) atoms. The van der Waals surface area contributed by atoms with Gasteiger partial charge in [0.1, 0.15) is 5.76 Å². The number of pyridine rings is 1. The minimum Gasteiger partial charge on any atom is -0.467 e. The third kappa shape index (κ3) is 3.84. The van der Waals surface area contributed by atoms with E-state index >= 15 is 0 Å². The predicted molar refractivity (Wildman–Crippen MR) is 72.9 cm³/mol. The Labute approximate surface area is 112 Å². The minimum absolute atomic E-state index is 0.170. The van der Waals surface area contributed by atoms with Crippen molar-refractivity contribution in [2.45, 2.75) is 26.4 Å². The molecule has 0 aliphatic heterocycles. The zero-order chi connectivity index (χ0) is 13.7. The highest BCUT2D eigenvalue weighted by molar-refractivity contribution is 5.94. The van der Waals surface area contributed by atoms with Crippen LogP contribution in [0, 0.1) is 0 Å². The summed E-state index contributed by atoms with van der Waals surface area (Å²) in [5, 5.41) is 5.99. The van der Waals surface area contributed by atoms with E-state index in [9.17, 15) is 4.79 Å². The Hall–Kier alpha value is -2.30. The largest absolute Gasteiger partial charge is 0.467 e. The average Bonchev–Trinajstić information content (AvgIpc) is 2.88. The molecule has 5 nitrogen and oxygen atoms in total. The molecule has 0 saturated carbocycles. The summed E-state index contributed by atoms with van der Waals surface area (Å²) in [7, 11) is 0. The van der Waals surface area contributed by atoms with E-state index in [-0.39, 0.29) is 5.91 Å². The molecule has 5 heteroatoms. The number of furan rings is 1. The number of anilines is 1. The van der Waals surface area contributed by atoms with Crippen LogP contribution in [0.2, 0.25) is 0 Å². The number of hydrogen-bond donors (Lipinski definition) is 2. The fourth-order valence-corrected chi connectivity index (χ4v) is 1.66. The Morgan fingerprint density at radius 3 is 2.95 bits per heavy atom. The van der Waals surface area contributed by atoms with Crippen molar-refractivity contribution in [1.82, 2.24) is 10.3 Å². The Bertz CT molecular complexity index is 535. The van der Waals surface area contributed by atoms with Crippen molar-refractivity contribution in [2.75, 3.05) is 5.32 Å². The second-order valence-electron chi connectivity index (χ2n) is 4.52. The van der Waals surface area contributed by atoms with E-state index < -0.39 is 0 Å². The van der Waals surface area contributed by atoms with Crippen molar-refractivity contribution in [3.8, 4) is 0 Å². The van der Waals surface area contributed by atoms with Gasteiger partial charge in [0.15, 0.2) is 0 Å². The monoisotopic (exact) mass is 259 g/mol. The summed E-state index contributed by atoms with van der Waals surface area (Å²) in [5.41, 5.74) is 1.36. The molecule has 0 aliphatic carbocycles. The van der Waals surface area contributed by atoms with Crippen LogP contribution in [0.25, 0.3) is 0 Å². The second-order valence-corrected chi connectivity index (χ2v) is 4.52. The van der Waals surface area contributed by atoms with Crippen LogP contribution in [0.15, 0.2) is 41.3 Å². The lowest BCUT2D eigenvalue weighted by Crippen LogP contribution is -2.23. The first kappa shape index (κ1) is 13.1. The lowest BCUT2D eigenvalue weighted by Gasteiger charge is -2.10. The molecule has 0 atom stereocenters. The maximum Gasteiger partial charge on any atom is 0.253 e. The molecule has 0 aliphatic rings. The van der Waals surface area contributed by atoms with Crippen LogP contribution in [0.1, 0.15) is 30.0 Å². The van der Waals surface area contributed by atoms with Crippen LogP contribution >= 0.6 is 0 Å². The highest BCUT2D eigenvalue weighted by Crippen LogP contribution is 2.10. The minimum atomic E-state index is -0.170. The quantitative estimate of drug-likeness (QED) is 0.865. The van der Waals surface area contributed by atoms with E-state index in [4.69, 9.17) is 4.42 Å². The second kappa shape index (κ2) is 6.04. The zero-order valence-corrected chi connectivity index (χ0v) is 11.0. The molecule has 100 valence electrons. The SMILES string of the molecule is CC(C)Nc1cncc(C(=O)NCc2ccco2)c1. The summed E-state index contributed by atoms with van der Waals surface area (Å²) in [6.45, 7) is 4.43. The Morgan fingerprint density at radius 2 is 2.26 bits per heavy atom. The number of aromatic nitrogens is 1. The van der Waals surface area contributed by atoms with E-state index in [1.54, 1.807) is 30.8 Å². The normalized spacial score (nSPS) is 10.5. The zero-order valence-electron chi connectivity index (χ0n) is 11.0. The van der Waals surface area contributed by atoms with Gasteiger partial charge in [-0.15, -0.1) is 0 Å². The number of rotatable bonds is 5. The lowest BCUT2D eigenvalue weighted by molar-refractivity contribution is 0.0947. The first-order chi connectivity index (χ1) is 9.15. The first-order valence-corrected chi connectivity index (χ1v) is 6.17. The molecular weight excluding hydrogens is 242 g/mol. The molecule has 2 heterocycles. The van der Waals surface area contributed by atoms with E-state index in [2.05, 4.69) is 15.6 Å². The van der Waals surface area contributed by atoms with Gasteiger partial charge in [0.2, 0.25) is 0 Å². The van der Waals surface area contributed by atoms with Crippen molar-refractivity contribution in [3.05, 3.63) is 48.2 Å². The van der Waals surface area contributed by atoms with Gasteiger partial charge in [0.05, 0.1) is 24.1 Å². The fourth-order valence-electron chi connectivity index (χ4n) is 1.66. The topological polar surface area (TPSA) is 67.2 Å². The molecule has 2 aromatic heterocycles. The smallest absolute Gasteiger partial charge is 0.253 e. The molecule has 2 aromatic rings. The van der Waals surface area contributed by atoms with Crippen molar-refractivity contribution in [3.63, 3.8) is 0 Å². The van der Waals surface area contributed by atoms with Crippen LogP contribution in [0.3, 0.4) is 0 Å². The fraction of sp³-hybridized carbons (Fsp3) is 0.286. The third-order valence-corrected chi connectivity index (χ3v) is 2.46. The Kier molecular flexibility index (Phi) is 4.18. The van der Waals surface area contributed by atoms with Crippen molar-refractivity contribution in [2.24, 2.45) is 0 Å². The Balaban J connectivity index is 1.98. The number of amides is 1. The molecule has 0 aromatic carbocycles. The summed E-state index contributed by atoms with van der Waals surface area (Å²) in [5.74, 6) is 0.550. The van der Waals surface area contributed by atoms with Gasteiger partial charge in [0.25, 0.3) is 5.91 Å². The number of nitrogens with one attached hydrogen (secondary N) is 2. The van der Waals surface area contributed by atoms with Gasteiger partial charge in [-0.1, -0.05) is 0 Å². The van der Waals surface area contributed by atoms with Gasteiger partial charge in [0, 0.05) is 18.4 Å². The lowest BCUT2D eigenvalue weighted by atomic mass is 10.2. The molecule has 0 spiro atoms. The molecule has 0 bridgehead atoms. The molecule has 2 rings (SSSR count). The van der Waals surface area contributed by atoms with E-state index in [1.807, 2.05) is 19.9 Å². The van der Waals surface area contributed by atoms with Crippen molar-refractivity contribution < 1.29 is 9.21 Å². The van der Waals surface area contributed by atoms with Crippen LogP contribution in [-0.2, 0) is 6.54 Å². The van der Waals surface area contributed by atoms with Gasteiger partial charge < -0.3 is 15.1 Å². The molecule has 2 N–H and O–H groups in total. The maximum atomic E-state index is 12.0. The van der Waals surface area contributed by atoms with Crippen LogP contribution in [0.4, 0.5) is 5.69 Å². The number of carbonyl (C=O) groups is 1. The van der Waals surface area contributed by atoms with Gasteiger partial charge in [-0.05, 0) is 32.0 Å². The molecule has 0 radical (unpaired) electrons. The first-order valence-electron chi connectivity index (χ1n) is 6.17. The summed E-state index contributed by atoms with van der Waals surface area (Å²) in [6.07, 6.45) is 4.82. The van der Waals surface area contributed by atoms with Crippen molar-refractivity contribution in [1.29, 1.82) is 0 Å². The van der Waals surface area contributed by atoms with Crippen LogP contribution in [-0.4, -0.2) is 16.9 Å². The molecule has 0 fully saturated rings. The van der Waals surface area contributed by atoms with Crippen LogP contribution < -0.4 is 10.6 Å². The standard InChI is InChI=1S/C14H17N3O2/c1-10(2)17-12-6-11(7-15-8-12)14(18)16-9-13-4-3-5-19-13/h3-8,10,17H,9H2,1-2H3,(H,16,18). The molecule has 1 amide bonds. The summed E-state index contributed by atoms with van der Waals surface area (Å²) in [4.78, 5) is 16.0. The van der Waals surface area contributed by atoms with Crippen molar-refractivity contribution >= 4 is 11.6 Å². The van der Waals surface area contributed by atoms with Gasteiger partial charge >= 0.3 is 0 Å². The summed E-state index contributed by atoms with van der Waals surface area (Å²) in [6, 6.07) is 5.68. The molecular formula is C14H17N3O2. The van der Waals surface area contributed by atoms with E-state index in [0.717, 1.165) is 11.4 Å². The average molecular weight is 259 g/mol. The van der Waals surface area contributed by atoms with Crippen LogP contribution in [0.5, 0.6) is 0 Å². The summed E-state index contributed by atoms with van der Waals surface area (Å²) < 4.78 is 5.15. The predicted octanol–water partition coefficient (Wildman–Crippen LogP) is 2.42. The van der Waals surface area contributed by atoms with Gasteiger partial charge in [-0.25, -0.2) is 0 Å². The van der Waals surface area contributed by atoms with Gasteiger partial charge in [-0.2, -0.15) is 0 Å². The maximum absolute atomic E-state index is 12.0. The molecule has 0 saturated heterocycles. The number of carbonyl (C=O) groups excluding carboxylic acids is 1. The van der Waals surface area contributed by atoms with Gasteiger partial charge in [-0.3, -0.25) is 9.78 Å². The highest BCUT2D eigenvalue weighted by Gasteiger charge is 2.08. The molecule has 0 unspecified atom stereocenters. The number of hydrogen-bond acceptors (Lipinski definition) is 4. The third-order valence-electron chi connectivity index (χ3n) is 2.46. The highest BCUT2D eigenvalue weighted by atomic mass is 16.3. The van der Waals surface area contributed by atoms with E-state index in [0.29, 0.717) is 18.2 Å².